The Balaban J connectivity index is 2.48. The average Bonchev–Trinajstić information content (AvgIpc) is 2.80. The van der Waals surface area contributed by atoms with E-state index in [-0.39, 0.29) is 5.75 Å². The van der Waals surface area contributed by atoms with Gasteiger partial charge in [-0.3, -0.25) is 0 Å². The van der Waals surface area contributed by atoms with E-state index in [0.717, 1.165) is 25.1 Å². The van der Waals surface area contributed by atoms with Crippen LogP contribution in [0.25, 0.3) is 0 Å². The van der Waals surface area contributed by atoms with Gasteiger partial charge in [0, 0.05) is 6.54 Å². The zero-order valence-corrected chi connectivity index (χ0v) is 10.1. The van der Waals surface area contributed by atoms with Gasteiger partial charge in [-0.2, -0.15) is 0 Å². The normalized spacial score (nSPS) is 20.1. The van der Waals surface area contributed by atoms with Gasteiger partial charge >= 0.3 is 0 Å². The van der Waals surface area contributed by atoms with Gasteiger partial charge in [0.05, 0.1) is 7.11 Å². The molecule has 1 saturated heterocycles. The van der Waals surface area contributed by atoms with Gasteiger partial charge in [-0.25, -0.2) is 0 Å². The van der Waals surface area contributed by atoms with Crippen LogP contribution in [-0.2, 0) is 0 Å². The molecule has 1 heterocycles. The monoisotopic (exact) mass is 221 g/mol. The van der Waals surface area contributed by atoms with Crippen LogP contribution in [0.5, 0.6) is 11.5 Å². The molecule has 0 radical (unpaired) electrons. The van der Waals surface area contributed by atoms with Gasteiger partial charge in [-0.15, -0.1) is 0 Å². The average molecular weight is 221 g/mol. The van der Waals surface area contributed by atoms with Crippen LogP contribution in [0.3, 0.4) is 0 Å². The van der Waals surface area contributed by atoms with E-state index in [1.54, 1.807) is 7.11 Å². The van der Waals surface area contributed by atoms with Crippen molar-refractivity contribution in [3.05, 3.63) is 22.8 Å². The van der Waals surface area contributed by atoms with E-state index >= 15 is 0 Å². The van der Waals surface area contributed by atoms with Crippen molar-refractivity contribution in [2.75, 3.05) is 20.2 Å². The first-order chi connectivity index (χ1) is 7.65. The molecule has 0 spiro atoms. The molecule has 88 valence electrons. The second-order valence-corrected chi connectivity index (χ2v) is 4.46. The van der Waals surface area contributed by atoms with Crippen LogP contribution < -0.4 is 10.1 Å². The molecule has 3 heteroatoms. The number of hydrogen-bond donors (Lipinski definition) is 2. The Hall–Kier alpha value is -1.22. The van der Waals surface area contributed by atoms with Crippen LogP contribution in [0, 0.1) is 13.8 Å². The molecule has 1 aromatic carbocycles. The van der Waals surface area contributed by atoms with Crippen molar-refractivity contribution in [2.45, 2.75) is 26.2 Å². The molecule has 0 aliphatic carbocycles. The third-order valence-electron chi connectivity index (χ3n) is 3.59. The topological polar surface area (TPSA) is 41.5 Å². The first-order valence-corrected chi connectivity index (χ1v) is 5.73. The highest BCUT2D eigenvalue weighted by Gasteiger charge is 2.22. The number of phenolic OH excluding ortho intramolecular Hbond substituents is 1. The molecule has 1 atom stereocenters. The molecule has 1 aliphatic heterocycles. The van der Waals surface area contributed by atoms with Crippen molar-refractivity contribution in [3.8, 4) is 11.5 Å². The summed E-state index contributed by atoms with van der Waals surface area (Å²) in [4.78, 5) is 0. The van der Waals surface area contributed by atoms with Crippen molar-refractivity contribution in [3.63, 3.8) is 0 Å². The second kappa shape index (κ2) is 4.34. The molecule has 1 fully saturated rings. The van der Waals surface area contributed by atoms with Crippen LogP contribution in [0.15, 0.2) is 6.07 Å². The lowest BCUT2D eigenvalue weighted by Crippen LogP contribution is -2.09. The molecular formula is C13H19NO2. The van der Waals surface area contributed by atoms with Gasteiger partial charge < -0.3 is 15.2 Å². The first-order valence-electron chi connectivity index (χ1n) is 5.73. The lowest BCUT2D eigenvalue weighted by molar-refractivity contribution is 0.370. The number of hydrogen-bond acceptors (Lipinski definition) is 3. The molecule has 0 saturated carbocycles. The van der Waals surface area contributed by atoms with Crippen LogP contribution in [-0.4, -0.2) is 25.3 Å². The Morgan fingerprint density at radius 2 is 2.12 bits per heavy atom. The summed E-state index contributed by atoms with van der Waals surface area (Å²) in [6.07, 6.45) is 1.16. The zero-order chi connectivity index (χ0) is 11.7. The highest BCUT2D eigenvalue weighted by atomic mass is 16.5. The molecular weight excluding hydrogens is 202 g/mol. The first kappa shape index (κ1) is 11.3. The predicted octanol–water partition coefficient (Wildman–Crippen LogP) is 2.09. The lowest BCUT2D eigenvalue weighted by Gasteiger charge is -2.17. The number of nitrogens with one attached hydrogen (secondary N) is 1. The van der Waals surface area contributed by atoms with Gasteiger partial charge in [0.15, 0.2) is 11.5 Å². The highest BCUT2D eigenvalue weighted by molar-refractivity contribution is 5.53. The van der Waals surface area contributed by atoms with E-state index in [0.29, 0.717) is 11.7 Å². The molecule has 2 rings (SSSR count). The second-order valence-electron chi connectivity index (χ2n) is 4.46. The predicted molar refractivity (Wildman–Crippen MR) is 64.4 cm³/mol. The van der Waals surface area contributed by atoms with E-state index in [2.05, 4.69) is 12.2 Å². The molecule has 1 aliphatic rings. The van der Waals surface area contributed by atoms with E-state index in [1.807, 2.05) is 13.0 Å². The van der Waals surface area contributed by atoms with Crippen LogP contribution in [0.2, 0.25) is 0 Å². The van der Waals surface area contributed by atoms with E-state index < -0.39 is 0 Å². The fourth-order valence-electron chi connectivity index (χ4n) is 2.40. The molecule has 3 nitrogen and oxygen atoms in total. The van der Waals surface area contributed by atoms with Crippen molar-refractivity contribution in [1.29, 1.82) is 0 Å². The Bertz CT molecular complexity index is 395. The molecule has 1 aromatic rings. The fraction of sp³-hybridized carbons (Fsp3) is 0.538. The number of methoxy groups -OCH3 is 1. The van der Waals surface area contributed by atoms with E-state index in [9.17, 15) is 5.11 Å². The van der Waals surface area contributed by atoms with E-state index in [1.165, 1.54) is 11.1 Å². The summed E-state index contributed by atoms with van der Waals surface area (Å²) in [5.41, 5.74) is 3.42. The standard InChI is InChI=1S/C13H19NO2/c1-8-9(2)13(15)12(16-3)6-11(8)10-4-5-14-7-10/h6,10,14-15H,4-5,7H2,1-3H3. The number of rotatable bonds is 2. The van der Waals surface area contributed by atoms with E-state index in [4.69, 9.17) is 4.74 Å². The highest BCUT2D eigenvalue weighted by Crippen LogP contribution is 2.38. The van der Waals surface area contributed by atoms with Gasteiger partial charge in [0.25, 0.3) is 0 Å². The van der Waals surface area contributed by atoms with Gasteiger partial charge in [0.1, 0.15) is 0 Å². The maximum absolute atomic E-state index is 9.91. The van der Waals surface area contributed by atoms with Crippen LogP contribution in [0.4, 0.5) is 0 Å². The quantitative estimate of drug-likeness (QED) is 0.803. The SMILES string of the molecule is COc1cc(C2CCNC2)c(C)c(C)c1O. The van der Waals surface area contributed by atoms with Gasteiger partial charge in [0.2, 0.25) is 0 Å². The summed E-state index contributed by atoms with van der Waals surface area (Å²) >= 11 is 0. The van der Waals surface area contributed by atoms with Crippen LogP contribution >= 0.6 is 0 Å². The summed E-state index contributed by atoms with van der Waals surface area (Å²) in [6.45, 7) is 6.11. The minimum Gasteiger partial charge on any atom is -0.504 e. The third-order valence-corrected chi connectivity index (χ3v) is 3.59. The summed E-state index contributed by atoms with van der Waals surface area (Å²) in [5, 5.41) is 13.3. The minimum atomic E-state index is 0.273. The Labute approximate surface area is 96.4 Å². The maximum atomic E-state index is 9.91. The van der Waals surface area contributed by atoms with Gasteiger partial charge in [-0.05, 0) is 55.5 Å². The largest absolute Gasteiger partial charge is 0.504 e. The number of phenols is 1. The molecule has 1 unspecified atom stereocenters. The third kappa shape index (κ3) is 1.76. The van der Waals surface area contributed by atoms with Crippen molar-refractivity contribution >= 4 is 0 Å². The molecule has 16 heavy (non-hydrogen) atoms. The Morgan fingerprint density at radius 3 is 2.69 bits per heavy atom. The summed E-state index contributed by atoms with van der Waals surface area (Å²) in [7, 11) is 1.60. The molecule has 0 aromatic heterocycles. The minimum absolute atomic E-state index is 0.273. The summed E-state index contributed by atoms with van der Waals surface area (Å²) in [6, 6.07) is 1.98. The zero-order valence-electron chi connectivity index (χ0n) is 10.1. The Kier molecular flexibility index (Phi) is 3.06. The lowest BCUT2D eigenvalue weighted by atomic mass is 9.91. The van der Waals surface area contributed by atoms with Crippen molar-refractivity contribution < 1.29 is 9.84 Å². The summed E-state index contributed by atoms with van der Waals surface area (Å²) in [5.74, 6) is 1.41. The molecule has 2 N–H and O–H groups in total. The molecule has 0 bridgehead atoms. The number of ether oxygens (including phenoxy) is 1. The van der Waals surface area contributed by atoms with Crippen LogP contribution in [0.1, 0.15) is 29.0 Å². The van der Waals surface area contributed by atoms with Gasteiger partial charge in [-0.1, -0.05) is 0 Å². The number of aromatic hydroxyl groups is 1. The Morgan fingerprint density at radius 1 is 1.38 bits per heavy atom. The molecule has 0 amide bonds. The fourth-order valence-corrected chi connectivity index (χ4v) is 2.40. The number of benzene rings is 1. The summed E-state index contributed by atoms with van der Waals surface area (Å²) < 4.78 is 5.21. The van der Waals surface area contributed by atoms with Crippen molar-refractivity contribution in [1.82, 2.24) is 5.32 Å². The van der Waals surface area contributed by atoms with Crippen molar-refractivity contribution in [2.24, 2.45) is 0 Å². The smallest absolute Gasteiger partial charge is 0.161 e. The maximum Gasteiger partial charge on any atom is 0.161 e.